The molecule has 5 nitrogen and oxygen atoms in total. The average molecular weight is 995 g/mol. The van der Waals surface area contributed by atoms with Gasteiger partial charge in [-0.05, 0) is 127 Å². The number of benzene rings is 11. The first-order valence-corrected chi connectivity index (χ1v) is 27.1. The number of hydrogen-bond acceptors (Lipinski definition) is 4. The lowest BCUT2D eigenvalue weighted by Gasteiger charge is -2.30. The number of rotatable bonds is 7. The lowest BCUT2D eigenvalue weighted by atomic mass is 9.70. The van der Waals surface area contributed by atoms with Gasteiger partial charge in [-0.15, -0.1) is 0 Å². The molecule has 3 aliphatic rings. The number of hydrogen-bond donors (Lipinski definition) is 0. The van der Waals surface area contributed by atoms with Crippen LogP contribution in [0.4, 0.5) is 0 Å². The summed E-state index contributed by atoms with van der Waals surface area (Å²) in [5, 5.41) is 4.44. The molecule has 0 aliphatic heterocycles. The molecule has 5 heteroatoms. The van der Waals surface area contributed by atoms with Gasteiger partial charge in [-0.3, -0.25) is 4.57 Å². The van der Waals surface area contributed by atoms with Crippen LogP contribution in [0.15, 0.2) is 253 Å². The summed E-state index contributed by atoms with van der Waals surface area (Å²) in [5.41, 5.74) is 25.2. The number of aromatic nitrogens is 4. The SMILES string of the molecule is c1ccc(-c2cccc3oc4cc(-c5nc(-c6ccc(CCC7c8ccccc8-c8c7ccc7c8-c8ccccc8C78c7ccccc7-c7ccccc78)cc6)nc(-n6c7ccccc7c7ccccc76)n5)ccc4c23)cc1. The molecule has 0 bridgehead atoms. The smallest absolute Gasteiger partial charge is 0.238 e. The van der Waals surface area contributed by atoms with Gasteiger partial charge >= 0.3 is 0 Å². The van der Waals surface area contributed by atoms with Crippen molar-refractivity contribution in [3.8, 4) is 73.2 Å². The van der Waals surface area contributed by atoms with Gasteiger partial charge < -0.3 is 4.42 Å². The Hall–Kier alpha value is -9.97. The molecule has 78 heavy (non-hydrogen) atoms. The monoisotopic (exact) mass is 994 g/mol. The third kappa shape index (κ3) is 6.04. The van der Waals surface area contributed by atoms with Gasteiger partial charge in [0.1, 0.15) is 11.2 Å². The van der Waals surface area contributed by atoms with Crippen LogP contribution in [0.5, 0.6) is 0 Å². The molecular weight excluding hydrogens is 949 g/mol. The van der Waals surface area contributed by atoms with E-state index in [-0.39, 0.29) is 11.3 Å². The zero-order valence-corrected chi connectivity index (χ0v) is 42.4. The van der Waals surface area contributed by atoms with Crippen LogP contribution in [0.25, 0.3) is 117 Å². The Morgan fingerprint density at radius 2 is 0.974 bits per heavy atom. The molecule has 3 heterocycles. The van der Waals surface area contributed by atoms with Crippen LogP contribution in [0.3, 0.4) is 0 Å². The van der Waals surface area contributed by atoms with Gasteiger partial charge in [-0.2, -0.15) is 9.97 Å². The molecule has 1 atom stereocenters. The summed E-state index contributed by atoms with van der Waals surface area (Å²) in [6, 6.07) is 90.5. The van der Waals surface area contributed by atoms with E-state index in [1.165, 1.54) is 72.3 Å². The van der Waals surface area contributed by atoms with Crippen molar-refractivity contribution >= 4 is 43.7 Å². The predicted molar refractivity (Wildman–Crippen MR) is 316 cm³/mol. The first-order valence-electron chi connectivity index (χ1n) is 27.1. The lowest BCUT2D eigenvalue weighted by molar-refractivity contribution is 0.669. The van der Waals surface area contributed by atoms with Gasteiger partial charge in [0.25, 0.3) is 0 Å². The fraction of sp³-hybridized carbons (Fsp3) is 0.0548. The summed E-state index contributed by atoms with van der Waals surface area (Å²) in [6.07, 6.45) is 1.89. The third-order valence-electron chi connectivity index (χ3n) is 17.4. The highest BCUT2D eigenvalue weighted by molar-refractivity contribution is 6.13. The number of furan rings is 1. The highest BCUT2D eigenvalue weighted by Gasteiger charge is 2.53. The van der Waals surface area contributed by atoms with E-state index in [4.69, 9.17) is 19.4 Å². The molecule has 0 N–H and O–H groups in total. The molecule has 0 saturated heterocycles. The van der Waals surface area contributed by atoms with E-state index in [0.717, 1.165) is 78.8 Å². The van der Waals surface area contributed by atoms with E-state index in [1.807, 2.05) is 6.07 Å². The maximum Gasteiger partial charge on any atom is 0.238 e. The summed E-state index contributed by atoms with van der Waals surface area (Å²) in [5.74, 6) is 2.00. The van der Waals surface area contributed by atoms with Gasteiger partial charge in [0.2, 0.25) is 5.95 Å². The van der Waals surface area contributed by atoms with Crippen LogP contribution in [-0.4, -0.2) is 19.5 Å². The van der Waals surface area contributed by atoms with Crippen molar-refractivity contribution in [2.45, 2.75) is 24.2 Å². The van der Waals surface area contributed by atoms with Crippen molar-refractivity contribution in [3.63, 3.8) is 0 Å². The van der Waals surface area contributed by atoms with Crippen LogP contribution in [0, 0.1) is 0 Å². The van der Waals surface area contributed by atoms with Gasteiger partial charge in [0.15, 0.2) is 11.6 Å². The molecular formula is C73H46N4O. The minimum Gasteiger partial charge on any atom is -0.456 e. The first-order chi connectivity index (χ1) is 38.7. The number of para-hydroxylation sites is 2. The lowest BCUT2D eigenvalue weighted by Crippen LogP contribution is -2.25. The molecule has 17 rings (SSSR count). The Kier molecular flexibility index (Phi) is 9.16. The maximum atomic E-state index is 6.62. The number of aryl methyl sites for hydroxylation is 1. The standard InChI is InChI=1S/C73H46N4O/c1-2-17-45(18-3-1)48-26-16-32-65-67(48)58-40-38-47(43-66(58)78-65)71-74-70(75-72(76-71)77-63-30-14-9-22-53(63)54-23-10-15-31-64(54)77)46-36-33-44(34-37-46)35-39-50-49-19-4-5-24-55(49)68-56(50)41-42-62-69(68)57-25-8-13-29-61(57)73(62)59-27-11-6-20-51(59)52-21-7-12-28-60(52)73/h1-34,36-38,40-43,50H,35,39H2. The predicted octanol–water partition coefficient (Wildman–Crippen LogP) is 18.0. The molecule has 11 aromatic carbocycles. The average Bonchev–Trinajstić information content (AvgIpc) is 4.32. The number of nitrogens with zero attached hydrogens (tertiary/aromatic N) is 4. The van der Waals surface area contributed by atoms with Gasteiger partial charge in [0.05, 0.1) is 16.4 Å². The fourth-order valence-corrected chi connectivity index (χ4v) is 14.1. The largest absolute Gasteiger partial charge is 0.456 e. The molecule has 1 spiro atoms. The maximum absolute atomic E-state index is 6.62. The van der Waals surface area contributed by atoms with Gasteiger partial charge in [-0.25, -0.2) is 4.98 Å². The number of fused-ring (bicyclic) bond motifs is 20. The second-order valence-corrected chi connectivity index (χ2v) is 21.2. The van der Waals surface area contributed by atoms with Crippen LogP contribution in [0.2, 0.25) is 0 Å². The van der Waals surface area contributed by atoms with Gasteiger partial charge in [0, 0.05) is 38.6 Å². The summed E-state index contributed by atoms with van der Waals surface area (Å²) in [4.78, 5) is 15.9. The zero-order valence-electron chi connectivity index (χ0n) is 42.4. The minimum absolute atomic E-state index is 0.252. The topological polar surface area (TPSA) is 56.7 Å². The quantitative estimate of drug-likeness (QED) is 0.160. The van der Waals surface area contributed by atoms with Crippen LogP contribution >= 0.6 is 0 Å². The minimum atomic E-state index is -0.373. The van der Waals surface area contributed by atoms with Crippen LogP contribution in [-0.2, 0) is 11.8 Å². The molecule has 0 fully saturated rings. The first kappa shape index (κ1) is 43.3. The van der Waals surface area contributed by atoms with E-state index in [2.05, 4.69) is 247 Å². The van der Waals surface area contributed by atoms with Crippen LogP contribution in [0.1, 0.15) is 51.3 Å². The molecule has 1 unspecified atom stereocenters. The molecule has 0 amide bonds. The van der Waals surface area contributed by atoms with Crippen molar-refractivity contribution in [1.82, 2.24) is 19.5 Å². The molecule has 14 aromatic rings. The van der Waals surface area contributed by atoms with Crippen molar-refractivity contribution < 1.29 is 4.42 Å². The summed E-state index contributed by atoms with van der Waals surface area (Å²) in [6.45, 7) is 0. The highest BCUT2D eigenvalue weighted by Crippen LogP contribution is 2.66. The third-order valence-corrected chi connectivity index (χ3v) is 17.4. The molecule has 364 valence electrons. The Bertz CT molecular complexity index is 4710. The highest BCUT2D eigenvalue weighted by atomic mass is 16.3. The van der Waals surface area contributed by atoms with Crippen LogP contribution < -0.4 is 0 Å². The Labute approximate surface area is 450 Å². The normalized spacial score (nSPS) is 14.2. The summed E-state index contributed by atoms with van der Waals surface area (Å²) >= 11 is 0. The molecule has 0 saturated carbocycles. The Morgan fingerprint density at radius 3 is 1.71 bits per heavy atom. The fourth-order valence-electron chi connectivity index (χ4n) is 14.1. The second-order valence-electron chi connectivity index (χ2n) is 21.2. The van der Waals surface area contributed by atoms with Crippen molar-refractivity contribution in [1.29, 1.82) is 0 Å². The van der Waals surface area contributed by atoms with E-state index >= 15 is 0 Å². The Morgan fingerprint density at radius 1 is 0.385 bits per heavy atom. The molecule has 3 aromatic heterocycles. The van der Waals surface area contributed by atoms with Crippen molar-refractivity contribution in [2.24, 2.45) is 0 Å². The summed E-state index contributed by atoms with van der Waals surface area (Å²) < 4.78 is 8.80. The van der Waals surface area contributed by atoms with E-state index in [0.29, 0.717) is 17.6 Å². The molecule has 0 radical (unpaired) electrons. The van der Waals surface area contributed by atoms with Crippen molar-refractivity contribution in [3.05, 3.63) is 288 Å². The van der Waals surface area contributed by atoms with E-state index < -0.39 is 0 Å². The second kappa shape index (κ2) is 16.5. The zero-order chi connectivity index (χ0) is 51.1. The van der Waals surface area contributed by atoms with Gasteiger partial charge in [-0.1, -0.05) is 218 Å². The van der Waals surface area contributed by atoms with E-state index in [9.17, 15) is 0 Å². The van der Waals surface area contributed by atoms with Crippen molar-refractivity contribution in [2.75, 3.05) is 0 Å². The Balaban J connectivity index is 0.750. The van der Waals surface area contributed by atoms with E-state index in [1.54, 1.807) is 0 Å². The molecule has 3 aliphatic carbocycles. The summed E-state index contributed by atoms with van der Waals surface area (Å²) in [7, 11) is 0.